The Morgan fingerprint density at radius 3 is 2.71 bits per heavy atom. The number of nitrogens with one attached hydrogen (secondary N) is 1. The van der Waals surface area contributed by atoms with Crippen LogP contribution >= 0.6 is 0 Å². The van der Waals surface area contributed by atoms with Gasteiger partial charge in [-0.15, -0.1) is 0 Å². The second-order valence-electron chi connectivity index (χ2n) is 6.43. The van der Waals surface area contributed by atoms with Gasteiger partial charge in [-0.25, -0.2) is 4.79 Å². The first-order chi connectivity index (χ1) is 11.6. The number of carboxylic acid groups (broad SMARTS) is 1. The second kappa shape index (κ2) is 6.67. The molecule has 5 nitrogen and oxygen atoms in total. The van der Waals surface area contributed by atoms with Crippen molar-refractivity contribution in [3.05, 3.63) is 35.5 Å². The van der Waals surface area contributed by atoms with Gasteiger partial charge < -0.3 is 15.0 Å². The minimum absolute atomic E-state index is 0.0900. The fourth-order valence-corrected chi connectivity index (χ4v) is 3.79. The van der Waals surface area contributed by atoms with E-state index in [1.54, 1.807) is 11.8 Å². The summed E-state index contributed by atoms with van der Waals surface area (Å²) in [6.07, 6.45) is 3.44. The molecule has 5 heteroatoms. The SMILES string of the molecule is CCCC[C@H]1c2[nH]c3ccccc3c2C[C@@H](C(=O)O)N1C(=O)CC. The van der Waals surface area contributed by atoms with E-state index in [4.69, 9.17) is 0 Å². The number of rotatable bonds is 5. The molecule has 128 valence electrons. The van der Waals surface area contributed by atoms with Crippen LogP contribution in [0.5, 0.6) is 0 Å². The molecule has 0 fully saturated rings. The van der Waals surface area contributed by atoms with Crippen molar-refractivity contribution in [2.75, 3.05) is 0 Å². The molecule has 24 heavy (non-hydrogen) atoms. The summed E-state index contributed by atoms with van der Waals surface area (Å²) in [6, 6.07) is 7.00. The number of fused-ring (bicyclic) bond motifs is 3. The lowest BCUT2D eigenvalue weighted by Gasteiger charge is -2.40. The minimum atomic E-state index is -0.922. The lowest BCUT2D eigenvalue weighted by molar-refractivity contribution is -0.153. The lowest BCUT2D eigenvalue weighted by Crippen LogP contribution is -2.51. The van der Waals surface area contributed by atoms with E-state index < -0.39 is 12.0 Å². The monoisotopic (exact) mass is 328 g/mol. The topological polar surface area (TPSA) is 73.4 Å². The summed E-state index contributed by atoms with van der Waals surface area (Å²) in [5.74, 6) is -1.01. The highest BCUT2D eigenvalue weighted by atomic mass is 16.4. The van der Waals surface area contributed by atoms with Crippen molar-refractivity contribution in [2.45, 2.75) is 58.0 Å². The van der Waals surface area contributed by atoms with Gasteiger partial charge in [0.05, 0.1) is 6.04 Å². The Labute approximate surface area is 141 Å². The molecule has 0 saturated carbocycles. The number of carbonyl (C=O) groups excluding carboxylic acids is 1. The number of carboxylic acids is 1. The number of aromatic amines is 1. The summed E-state index contributed by atoms with van der Waals surface area (Å²) < 4.78 is 0. The molecule has 2 aromatic rings. The number of nitrogens with zero attached hydrogens (tertiary/aromatic N) is 1. The van der Waals surface area contributed by atoms with E-state index in [9.17, 15) is 14.7 Å². The molecule has 0 aliphatic carbocycles. The Kier molecular flexibility index (Phi) is 4.60. The first-order valence-electron chi connectivity index (χ1n) is 8.71. The molecule has 2 atom stereocenters. The Morgan fingerprint density at radius 1 is 1.29 bits per heavy atom. The van der Waals surface area contributed by atoms with E-state index in [0.717, 1.165) is 41.4 Å². The Hall–Kier alpha value is -2.30. The molecule has 0 saturated heterocycles. The number of para-hydroxylation sites is 1. The van der Waals surface area contributed by atoms with Gasteiger partial charge in [-0.05, 0) is 18.1 Å². The molecule has 0 unspecified atom stereocenters. The van der Waals surface area contributed by atoms with E-state index >= 15 is 0 Å². The summed E-state index contributed by atoms with van der Waals surface area (Å²) in [7, 11) is 0. The molecule has 2 N–H and O–H groups in total. The van der Waals surface area contributed by atoms with Crippen LogP contribution in [0, 0.1) is 0 Å². The number of hydrogen-bond donors (Lipinski definition) is 2. The molecule has 0 spiro atoms. The lowest BCUT2D eigenvalue weighted by atomic mass is 9.89. The Morgan fingerprint density at radius 2 is 2.04 bits per heavy atom. The molecular formula is C19H24N2O3. The van der Waals surface area contributed by atoms with Gasteiger partial charge in [-0.2, -0.15) is 0 Å². The van der Waals surface area contributed by atoms with Crippen molar-refractivity contribution in [1.82, 2.24) is 9.88 Å². The van der Waals surface area contributed by atoms with Crippen LogP contribution < -0.4 is 0 Å². The molecule has 1 aromatic carbocycles. The zero-order valence-corrected chi connectivity index (χ0v) is 14.2. The van der Waals surface area contributed by atoms with Crippen LogP contribution in [0.15, 0.2) is 24.3 Å². The average molecular weight is 328 g/mol. The number of aliphatic carboxylic acids is 1. The van der Waals surface area contributed by atoms with Crippen LogP contribution in [0.2, 0.25) is 0 Å². The van der Waals surface area contributed by atoms with Crippen molar-refractivity contribution in [1.29, 1.82) is 0 Å². The van der Waals surface area contributed by atoms with Crippen LogP contribution in [0.4, 0.5) is 0 Å². The standard InChI is InChI=1S/C19H24N2O3/c1-3-5-10-15-18-13(12-8-6-7-9-14(12)20-18)11-16(19(23)24)21(15)17(22)4-2/h6-9,15-16,20H,3-5,10-11H2,1-2H3,(H,23,24)/t15-,16-/m0/s1. The van der Waals surface area contributed by atoms with Gasteiger partial charge in [-0.3, -0.25) is 4.79 Å². The first-order valence-corrected chi connectivity index (χ1v) is 8.71. The summed E-state index contributed by atoms with van der Waals surface area (Å²) in [5.41, 5.74) is 3.09. The van der Waals surface area contributed by atoms with Gasteiger partial charge in [0.25, 0.3) is 0 Å². The van der Waals surface area contributed by atoms with E-state index in [1.165, 1.54) is 0 Å². The van der Waals surface area contributed by atoms with Crippen molar-refractivity contribution in [3.63, 3.8) is 0 Å². The van der Waals surface area contributed by atoms with Crippen molar-refractivity contribution in [2.24, 2.45) is 0 Å². The van der Waals surface area contributed by atoms with Crippen LogP contribution in [-0.2, 0) is 16.0 Å². The maximum Gasteiger partial charge on any atom is 0.326 e. The molecule has 0 bridgehead atoms. The number of carbonyl (C=O) groups is 2. The Balaban J connectivity index is 2.15. The molecule has 1 aliphatic heterocycles. The van der Waals surface area contributed by atoms with Crippen LogP contribution in [0.1, 0.15) is 56.8 Å². The smallest absolute Gasteiger partial charge is 0.326 e. The number of H-pyrrole nitrogens is 1. The van der Waals surface area contributed by atoms with E-state index in [-0.39, 0.29) is 11.9 Å². The summed E-state index contributed by atoms with van der Waals surface area (Å²) in [6.45, 7) is 3.90. The quantitative estimate of drug-likeness (QED) is 0.880. The third kappa shape index (κ3) is 2.68. The van der Waals surface area contributed by atoms with E-state index in [2.05, 4.69) is 11.9 Å². The number of unbranched alkanes of at least 4 members (excludes halogenated alkanes) is 1. The highest BCUT2D eigenvalue weighted by Crippen LogP contribution is 2.40. The average Bonchev–Trinajstić information content (AvgIpc) is 2.96. The van der Waals surface area contributed by atoms with Gasteiger partial charge in [-0.1, -0.05) is 44.9 Å². The van der Waals surface area contributed by atoms with Crippen molar-refractivity contribution >= 4 is 22.8 Å². The highest BCUT2D eigenvalue weighted by molar-refractivity contribution is 5.89. The maximum absolute atomic E-state index is 12.5. The number of amides is 1. The van der Waals surface area contributed by atoms with E-state index in [0.29, 0.717) is 12.8 Å². The van der Waals surface area contributed by atoms with Gasteiger partial charge in [0, 0.05) is 29.4 Å². The van der Waals surface area contributed by atoms with Crippen LogP contribution in [-0.4, -0.2) is 32.9 Å². The van der Waals surface area contributed by atoms with Crippen LogP contribution in [0.25, 0.3) is 10.9 Å². The normalized spacial score (nSPS) is 20.2. The molecule has 3 rings (SSSR count). The third-order valence-electron chi connectivity index (χ3n) is 4.96. The third-order valence-corrected chi connectivity index (χ3v) is 4.96. The highest BCUT2D eigenvalue weighted by Gasteiger charge is 2.41. The predicted molar refractivity (Wildman–Crippen MR) is 92.8 cm³/mol. The molecule has 1 aromatic heterocycles. The minimum Gasteiger partial charge on any atom is -0.480 e. The molecule has 0 radical (unpaired) electrons. The molecule has 1 amide bonds. The molecule has 1 aliphatic rings. The molecular weight excluding hydrogens is 304 g/mol. The van der Waals surface area contributed by atoms with Gasteiger partial charge in [0.2, 0.25) is 5.91 Å². The van der Waals surface area contributed by atoms with Crippen LogP contribution in [0.3, 0.4) is 0 Å². The van der Waals surface area contributed by atoms with Crippen molar-refractivity contribution < 1.29 is 14.7 Å². The predicted octanol–water partition coefficient (Wildman–Crippen LogP) is 3.65. The maximum atomic E-state index is 12.5. The summed E-state index contributed by atoms with van der Waals surface area (Å²) in [5, 5.41) is 10.8. The largest absolute Gasteiger partial charge is 0.480 e. The number of aromatic nitrogens is 1. The Bertz CT molecular complexity index is 765. The van der Waals surface area contributed by atoms with E-state index in [1.807, 2.05) is 24.3 Å². The zero-order valence-electron chi connectivity index (χ0n) is 14.2. The first kappa shape index (κ1) is 16.6. The van der Waals surface area contributed by atoms with Gasteiger partial charge in [0.1, 0.15) is 6.04 Å². The van der Waals surface area contributed by atoms with Gasteiger partial charge in [0.15, 0.2) is 0 Å². The van der Waals surface area contributed by atoms with Crippen molar-refractivity contribution in [3.8, 4) is 0 Å². The zero-order chi connectivity index (χ0) is 17.3. The number of hydrogen-bond acceptors (Lipinski definition) is 2. The second-order valence-corrected chi connectivity index (χ2v) is 6.43. The van der Waals surface area contributed by atoms with Gasteiger partial charge >= 0.3 is 5.97 Å². The molecule has 2 heterocycles. The summed E-state index contributed by atoms with van der Waals surface area (Å²) >= 11 is 0. The fraction of sp³-hybridized carbons (Fsp3) is 0.474. The summed E-state index contributed by atoms with van der Waals surface area (Å²) in [4.78, 5) is 29.5. The fourth-order valence-electron chi connectivity index (χ4n) is 3.79. The number of benzene rings is 1.